The van der Waals surface area contributed by atoms with E-state index in [-0.39, 0.29) is 47.2 Å². The first-order chi connectivity index (χ1) is 24.2. The monoisotopic (exact) mass is 690 g/mol. The van der Waals surface area contributed by atoms with Gasteiger partial charge < -0.3 is 14.5 Å². The maximum atomic E-state index is 16.1. The number of alkyl halides is 1. The normalized spacial score (nSPS) is 22.0. The molecule has 1 aromatic carbocycles. The Balaban J connectivity index is 0.000000375. The Morgan fingerprint density at radius 3 is 2.64 bits per heavy atom. The van der Waals surface area contributed by atoms with E-state index in [0.717, 1.165) is 31.9 Å². The van der Waals surface area contributed by atoms with Crippen LogP contribution in [0.3, 0.4) is 0 Å². The molecule has 50 heavy (non-hydrogen) atoms. The zero-order valence-electron chi connectivity index (χ0n) is 27.9. The summed E-state index contributed by atoms with van der Waals surface area (Å²) in [6.45, 7) is 2.39. The van der Waals surface area contributed by atoms with Crippen molar-refractivity contribution in [1.29, 1.82) is 0 Å². The molecule has 4 aromatic rings. The molecule has 0 N–H and O–H groups in total. The predicted octanol–water partition coefficient (Wildman–Crippen LogP) is 5.89. The SMILES string of the molecule is COc1nc(N(C)C2CCN(C(=O)/C(F)=C/c3cccnn3)C2)c2cnc(-c3cccc(F)c3C3CC3)c(F)c2n1.FC1CC2CCCN2C1. The van der Waals surface area contributed by atoms with Crippen LogP contribution >= 0.6 is 0 Å². The molecule has 0 spiro atoms. The molecule has 8 rings (SSSR count). The second-order valence-electron chi connectivity index (χ2n) is 13.3. The van der Waals surface area contributed by atoms with Crippen LogP contribution in [-0.4, -0.2) is 99.4 Å². The van der Waals surface area contributed by atoms with E-state index < -0.39 is 23.7 Å². The molecule has 3 atom stereocenters. The van der Waals surface area contributed by atoms with E-state index in [1.54, 1.807) is 36.2 Å². The maximum absolute atomic E-state index is 16.1. The van der Waals surface area contributed by atoms with E-state index in [2.05, 4.69) is 30.0 Å². The quantitative estimate of drug-likeness (QED) is 0.174. The molecule has 3 saturated heterocycles. The molecule has 0 bridgehead atoms. The van der Waals surface area contributed by atoms with Crippen molar-refractivity contribution in [2.45, 2.75) is 62.7 Å². The number of fused-ring (bicyclic) bond motifs is 2. The number of hydrogen-bond acceptors (Lipinski definition) is 9. The molecule has 3 unspecified atom stereocenters. The lowest BCUT2D eigenvalue weighted by atomic mass is 9.98. The van der Waals surface area contributed by atoms with Crippen LogP contribution in [0.2, 0.25) is 0 Å². The number of hydrogen-bond donors (Lipinski definition) is 0. The van der Waals surface area contributed by atoms with E-state index >= 15 is 4.39 Å². The van der Waals surface area contributed by atoms with Crippen molar-refractivity contribution in [2.75, 3.05) is 45.2 Å². The van der Waals surface area contributed by atoms with Crippen LogP contribution in [0.4, 0.5) is 23.4 Å². The van der Waals surface area contributed by atoms with Gasteiger partial charge >= 0.3 is 6.01 Å². The number of methoxy groups -OCH3 is 1. The third-order valence-corrected chi connectivity index (χ3v) is 9.98. The van der Waals surface area contributed by atoms with Crippen molar-refractivity contribution in [3.8, 4) is 17.3 Å². The number of likely N-dealkylation sites (tertiary alicyclic amines) is 1. The van der Waals surface area contributed by atoms with Crippen molar-refractivity contribution in [2.24, 2.45) is 0 Å². The number of amides is 1. The third kappa shape index (κ3) is 6.85. The summed E-state index contributed by atoms with van der Waals surface area (Å²) in [4.78, 5) is 31.4. The molecule has 14 heteroatoms. The Bertz CT molecular complexity index is 1900. The van der Waals surface area contributed by atoms with Gasteiger partial charge in [0.2, 0.25) is 0 Å². The fourth-order valence-electron chi connectivity index (χ4n) is 7.28. The number of benzene rings is 1. The average Bonchev–Trinajstić information content (AvgIpc) is 3.48. The van der Waals surface area contributed by atoms with E-state index in [0.29, 0.717) is 47.9 Å². The highest BCUT2D eigenvalue weighted by atomic mass is 19.1. The highest BCUT2D eigenvalue weighted by molar-refractivity contribution is 5.96. The van der Waals surface area contributed by atoms with Gasteiger partial charge in [-0.25, -0.2) is 17.6 Å². The number of aromatic nitrogens is 5. The summed E-state index contributed by atoms with van der Waals surface area (Å²) >= 11 is 0. The molecule has 3 aromatic heterocycles. The Morgan fingerprint density at radius 2 is 1.90 bits per heavy atom. The fraction of sp³-hybridized carbons (Fsp3) is 0.444. The molecule has 10 nitrogen and oxygen atoms in total. The van der Waals surface area contributed by atoms with Crippen LogP contribution in [0.5, 0.6) is 6.01 Å². The first-order valence-electron chi connectivity index (χ1n) is 17.0. The first-order valence-corrected chi connectivity index (χ1v) is 17.0. The Kier molecular flexibility index (Phi) is 9.63. The summed E-state index contributed by atoms with van der Waals surface area (Å²) in [5, 5.41) is 7.80. The van der Waals surface area contributed by atoms with Crippen LogP contribution in [0.15, 0.2) is 48.6 Å². The molecular formula is C36H38F4N8O2. The lowest BCUT2D eigenvalue weighted by Crippen LogP contribution is -2.37. The molecule has 0 radical (unpaired) electrons. The summed E-state index contributed by atoms with van der Waals surface area (Å²) in [6.07, 6.45) is 9.00. The zero-order valence-corrected chi connectivity index (χ0v) is 27.9. The van der Waals surface area contributed by atoms with E-state index in [1.165, 1.54) is 43.3 Å². The number of anilines is 1. The van der Waals surface area contributed by atoms with E-state index in [4.69, 9.17) is 4.74 Å². The second kappa shape index (κ2) is 14.3. The Morgan fingerprint density at radius 1 is 1.06 bits per heavy atom. The maximum Gasteiger partial charge on any atom is 0.318 e. The van der Waals surface area contributed by atoms with Gasteiger partial charge in [-0.05, 0) is 69.2 Å². The summed E-state index contributed by atoms with van der Waals surface area (Å²) in [6, 6.07) is 8.04. The highest BCUT2D eigenvalue weighted by Gasteiger charge is 2.36. The number of carbonyl (C=O) groups is 1. The van der Waals surface area contributed by atoms with Crippen molar-refractivity contribution in [3.63, 3.8) is 0 Å². The molecule has 4 fully saturated rings. The second-order valence-corrected chi connectivity index (χ2v) is 13.3. The molecule has 1 saturated carbocycles. The molecular weight excluding hydrogens is 652 g/mol. The Hall–Kier alpha value is -4.72. The minimum absolute atomic E-state index is 0.0104. The van der Waals surface area contributed by atoms with Crippen LogP contribution in [0.1, 0.15) is 55.7 Å². The zero-order chi connectivity index (χ0) is 34.9. The fourth-order valence-corrected chi connectivity index (χ4v) is 7.28. The number of ether oxygens (including phenoxy) is 1. The van der Waals surface area contributed by atoms with Crippen LogP contribution in [0.25, 0.3) is 28.2 Å². The molecule has 1 aliphatic carbocycles. The molecule has 6 heterocycles. The van der Waals surface area contributed by atoms with Crippen molar-refractivity contribution in [3.05, 3.63) is 71.4 Å². The van der Waals surface area contributed by atoms with Gasteiger partial charge in [0, 0.05) is 68.4 Å². The van der Waals surface area contributed by atoms with Gasteiger partial charge in [-0.2, -0.15) is 20.2 Å². The van der Waals surface area contributed by atoms with Gasteiger partial charge in [-0.15, -0.1) is 0 Å². The van der Waals surface area contributed by atoms with E-state index in [1.807, 2.05) is 0 Å². The van der Waals surface area contributed by atoms with Gasteiger partial charge in [0.1, 0.15) is 29.0 Å². The summed E-state index contributed by atoms with van der Waals surface area (Å²) in [5.41, 5.74) is 1.10. The van der Waals surface area contributed by atoms with Crippen LogP contribution < -0.4 is 9.64 Å². The van der Waals surface area contributed by atoms with Crippen LogP contribution in [0, 0.1) is 11.6 Å². The minimum atomic E-state index is -0.940. The topological polar surface area (TPSA) is 100 Å². The number of pyridine rings is 1. The van der Waals surface area contributed by atoms with Gasteiger partial charge in [-0.3, -0.25) is 14.7 Å². The van der Waals surface area contributed by atoms with Gasteiger partial charge in [0.15, 0.2) is 11.6 Å². The third-order valence-electron chi connectivity index (χ3n) is 9.98. The van der Waals surface area contributed by atoms with Crippen molar-refractivity contribution < 1.29 is 27.1 Å². The average molecular weight is 691 g/mol. The standard InChI is InChI=1S/C29H26F3N7O2.C7H12FN/c1-38(18-10-12-39(15-18)28(40)22(31)13-17-5-4-11-34-37-17)27-20-14-33-25(24(32)26(20)35-29(36-27)41-2)19-6-3-7-21(30)23(19)16-8-9-16;8-6-4-7-2-1-3-9(7)5-6/h3-7,11,13-14,16,18H,8-10,12,15H2,1-2H3;6-7H,1-5H2/b22-13-;. The van der Waals surface area contributed by atoms with Gasteiger partial charge in [-0.1, -0.05) is 12.1 Å². The Labute approximate surface area is 287 Å². The van der Waals surface area contributed by atoms with Gasteiger partial charge in [0.05, 0.1) is 18.2 Å². The number of carbonyl (C=O) groups excluding carboxylic acids is 1. The number of likely N-dealkylation sites (N-methyl/N-ethyl adjacent to an activating group) is 1. The first kappa shape index (κ1) is 33.8. The van der Waals surface area contributed by atoms with E-state index in [9.17, 15) is 18.0 Å². The summed E-state index contributed by atoms with van der Waals surface area (Å²) in [5.74, 6) is -2.39. The molecule has 3 aliphatic heterocycles. The lowest BCUT2D eigenvalue weighted by Gasteiger charge is -2.27. The summed E-state index contributed by atoms with van der Waals surface area (Å²) < 4.78 is 63.4. The minimum Gasteiger partial charge on any atom is -0.467 e. The van der Waals surface area contributed by atoms with Crippen molar-refractivity contribution >= 4 is 28.7 Å². The number of rotatable bonds is 7. The number of nitrogens with zero attached hydrogens (tertiary/aromatic N) is 8. The predicted molar refractivity (Wildman–Crippen MR) is 180 cm³/mol. The van der Waals surface area contributed by atoms with Crippen LogP contribution in [-0.2, 0) is 4.79 Å². The lowest BCUT2D eigenvalue weighted by molar-refractivity contribution is -0.127. The van der Waals surface area contributed by atoms with Crippen molar-refractivity contribution in [1.82, 2.24) is 34.9 Å². The number of halogens is 4. The smallest absolute Gasteiger partial charge is 0.318 e. The summed E-state index contributed by atoms with van der Waals surface area (Å²) in [7, 11) is 3.14. The molecule has 4 aliphatic rings. The highest BCUT2D eigenvalue weighted by Crippen LogP contribution is 2.46. The molecule has 1 amide bonds. The molecule has 262 valence electrons. The largest absolute Gasteiger partial charge is 0.467 e. The van der Waals surface area contributed by atoms with Gasteiger partial charge in [0.25, 0.3) is 5.91 Å².